The summed E-state index contributed by atoms with van der Waals surface area (Å²) in [7, 11) is 0. The van der Waals surface area contributed by atoms with Crippen LogP contribution in [0, 0.1) is 0 Å². The van der Waals surface area contributed by atoms with E-state index in [1.807, 2.05) is 42.5 Å². The molecule has 314 valence electrons. The number of hydrogen-bond acceptors (Lipinski definition) is 5. The third kappa shape index (κ3) is 6.09. The molecule has 5 heteroatoms. The summed E-state index contributed by atoms with van der Waals surface area (Å²) in [6.45, 7) is 0. The quantitative estimate of drug-likeness (QED) is 0.167. The normalized spacial score (nSPS) is 15.1. The molecule has 2 atom stereocenters. The van der Waals surface area contributed by atoms with Crippen LogP contribution in [0.25, 0.3) is 112 Å². The summed E-state index contributed by atoms with van der Waals surface area (Å²) >= 11 is 0. The lowest BCUT2D eigenvalue weighted by Gasteiger charge is -2.30. The monoisotopic (exact) mass is 857 g/mol. The number of anilines is 2. The molecule has 0 radical (unpaired) electrons. The minimum absolute atomic E-state index is 0.0464. The highest BCUT2D eigenvalue weighted by molar-refractivity contribution is 6.10. The fourth-order valence-electron chi connectivity index (χ4n) is 10.7. The summed E-state index contributed by atoms with van der Waals surface area (Å²) in [5, 5.41) is 6.95. The van der Waals surface area contributed by atoms with Crippen LogP contribution >= 0.6 is 0 Å². The first-order chi connectivity index (χ1) is 33.2. The second-order valence-electron chi connectivity index (χ2n) is 17.6. The van der Waals surface area contributed by atoms with Crippen LogP contribution in [0.15, 0.2) is 221 Å². The molecule has 67 heavy (non-hydrogen) atoms. The fraction of sp³-hybridized carbons (Fsp3) is 0.0323. The molecule has 0 N–H and O–H groups in total. The lowest BCUT2D eigenvalue weighted by molar-refractivity contribution is 0.669. The molecule has 2 unspecified atom stereocenters. The van der Waals surface area contributed by atoms with Gasteiger partial charge in [-0.05, 0) is 75.7 Å². The van der Waals surface area contributed by atoms with E-state index in [4.69, 9.17) is 18.8 Å². The van der Waals surface area contributed by atoms with Crippen LogP contribution in [0.4, 0.5) is 11.4 Å². The largest absolute Gasteiger partial charge is 0.456 e. The lowest BCUT2D eigenvalue weighted by Crippen LogP contribution is -2.38. The average molecular weight is 858 g/mol. The number of benzene rings is 9. The van der Waals surface area contributed by atoms with Crippen LogP contribution in [0.5, 0.6) is 0 Å². The third-order valence-corrected chi connectivity index (χ3v) is 13.8. The van der Waals surface area contributed by atoms with Gasteiger partial charge in [-0.1, -0.05) is 176 Å². The Morgan fingerprint density at radius 1 is 0.388 bits per heavy atom. The maximum atomic E-state index is 6.54. The summed E-state index contributed by atoms with van der Waals surface area (Å²) < 4.78 is 12.9. The molecule has 0 fully saturated rings. The van der Waals surface area contributed by atoms with Gasteiger partial charge < -0.3 is 13.7 Å². The Kier molecular flexibility index (Phi) is 8.34. The topological polar surface area (TPSA) is 55.3 Å². The molecule has 12 aromatic rings. The molecule has 0 saturated heterocycles. The molecular formula is C62H39N3O2. The van der Waals surface area contributed by atoms with Gasteiger partial charge >= 0.3 is 0 Å². The van der Waals surface area contributed by atoms with E-state index in [0.29, 0.717) is 5.82 Å². The number of aromatic nitrogens is 2. The zero-order valence-corrected chi connectivity index (χ0v) is 36.2. The molecule has 1 aliphatic carbocycles. The maximum Gasteiger partial charge on any atom is 0.160 e. The van der Waals surface area contributed by atoms with E-state index in [9.17, 15) is 0 Å². The number of rotatable bonds is 6. The van der Waals surface area contributed by atoms with E-state index < -0.39 is 0 Å². The Balaban J connectivity index is 0.928. The zero-order chi connectivity index (χ0) is 44.0. The van der Waals surface area contributed by atoms with Crippen molar-refractivity contribution in [1.29, 1.82) is 0 Å². The fourth-order valence-corrected chi connectivity index (χ4v) is 10.7. The predicted molar refractivity (Wildman–Crippen MR) is 273 cm³/mol. The molecule has 0 bridgehead atoms. The Labute approximate surface area is 385 Å². The summed E-state index contributed by atoms with van der Waals surface area (Å²) in [5.41, 5.74) is 16.2. The van der Waals surface area contributed by atoms with E-state index in [1.54, 1.807) is 0 Å². The third-order valence-electron chi connectivity index (χ3n) is 13.8. The number of hydrogen-bond donors (Lipinski definition) is 0. The van der Waals surface area contributed by atoms with E-state index in [-0.39, 0.29) is 12.0 Å². The van der Waals surface area contributed by atoms with Crippen LogP contribution in [-0.4, -0.2) is 16.0 Å². The molecular weight excluding hydrogens is 819 g/mol. The molecule has 9 aromatic carbocycles. The van der Waals surface area contributed by atoms with Crippen molar-refractivity contribution in [2.75, 3.05) is 4.90 Å². The summed E-state index contributed by atoms with van der Waals surface area (Å²) in [6.07, 6.45) is 4.92. The SMILES string of the molecule is C1=c2ccccc2=CC2C1c1cccc(-c3cccc(-c4cccc5c4oc4ccccc45)c3)c1N2c1cccc(-c2cc(-c3ccc4c(c3)oc3ccccc34)nc(-c3ccccc3)n2)c1. The van der Waals surface area contributed by atoms with Gasteiger partial charge in [-0.3, -0.25) is 0 Å². The molecule has 4 heterocycles. The molecule has 14 rings (SSSR count). The molecule has 0 saturated carbocycles. The molecule has 5 nitrogen and oxygen atoms in total. The van der Waals surface area contributed by atoms with Gasteiger partial charge in [0.1, 0.15) is 22.3 Å². The zero-order valence-electron chi connectivity index (χ0n) is 36.2. The van der Waals surface area contributed by atoms with Crippen molar-refractivity contribution in [3.8, 4) is 56.2 Å². The molecule has 2 aliphatic rings. The van der Waals surface area contributed by atoms with Gasteiger partial charge in [-0.2, -0.15) is 0 Å². The Morgan fingerprint density at radius 2 is 0.985 bits per heavy atom. The first-order valence-corrected chi connectivity index (χ1v) is 22.9. The summed E-state index contributed by atoms with van der Waals surface area (Å²) in [4.78, 5) is 13.0. The van der Waals surface area contributed by atoms with E-state index in [0.717, 1.165) is 94.3 Å². The molecule has 3 aromatic heterocycles. The number of nitrogens with zero attached hydrogens (tertiary/aromatic N) is 3. The van der Waals surface area contributed by atoms with Crippen LogP contribution in [0.3, 0.4) is 0 Å². The molecule has 0 amide bonds. The highest BCUT2D eigenvalue weighted by Crippen LogP contribution is 2.52. The van der Waals surface area contributed by atoms with E-state index >= 15 is 0 Å². The summed E-state index contributed by atoms with van der Waals surface area (Å²) in [6, 6.07) is 75.1. The van der Waals surface area contributed by atoms with Gasteiger partial charge in [-0.25, -0.2) is 9.97 Å². The van der Waals surface area contributed by atoms with Gasteiger partial charge in [0.05, 0.1) is 23.1 Å². The summed E-state index contributed by atoms with van der Waals surface area (Å²) in [5.74, 6) is 0.812. The van der Waals surface area contributed by atoms with Crippen molar-refractivity contribution in [3.63, 3.8) is 0 Å². The van der Waals surface area contributed by atoms with Crippen LogP contribution in [-0.2, 0) is 0 Å². The van der Waals surface area contributed by atoms with E-state index in [1.165, 1.54) is 27.3 Å². The van der Waals surface area contributed by atoms with Crippen molar-refractivity contribution in [2.24, 2.45) is 0 Å². The highest BCUT2D eigenvalue weighted by Gasteiger charge is 2.40. The Hall–Kier alpha value is -8.80. The van der Waals surface area contributed by atoms with Crippen molar-refractivity contribution < 1.29 is 8.83 Å². The van der Waals surface area contributed by atoms with Gasteiger partial charge in [0.2, 0.25) is 0 Å². The van der Waals surface area contributed by atoms with Crippen molar-refractivity contribution >= 4 is 67.4 Å². The first-order valence-electron chi connectivity index (χ1n) is 22.9. The predicted octanol–water partition coefficient (Wildman–Crippen LogP) is 14.5. The minimum atomic E-state index is 0.0464. The standard InChI is InChI=1S/C62H39N3O2/c1-2-14-38(15-3-1)62-63-54(37-55(64-62)44-30-31-50-48-22-6-8-28-57(48)66-59(50)36-44)43-20-11-21-45(33-43)65-56-35-40-17-5-4-16-39(40)34-53(56)51-26-12-24-46(60(51)65)41-18-10-19-42(32-41)47-25-13-27-52-49-23-7-9-29-58(49)67-61(47)52/h1-37,53,56H. The smallest absolute Gasteiger partial charge is 0.160 e. The molecule has 0 spiro atoms. The van der Waals surface area contributed by atoms with Crippen LogP contribution < -0.4 is 15.3 Å². The number of para-hydroxylation sites is 4. The Bertz CT molecular complexity index is 4090. The number of furan rings is 2. The van der Waals surface area contributed by atoms with Crippen LogP contribution in [0.1, 0.15) is 11.5 Å². The second kappa shape index (κ2) is 14.9. The molecule has 1 aliphatic heterocycles. The van der Waals surface area contributed by atoms with Gasteiger partial charge in [0, 0.05) is 61.0 Å². The lowest BCUT2D eigenvalue weighted by atomic mass is 9.88. The highest BCUT2D eigenvalue weighted by atomic mass is 16.3. The second-order valence-corrected chi connectivity index (χ2v) is 17.6. The first kappa shape index (κ1) is 37.6. The van der Waals surface area contributed by atoms with Crippen molar-refractivity contribution in [3.05, 3.63) is 228 Å². The van der Waals surface area contributed by atoms with E-state index in [2.05, 4.69) is 187 Å². The van der Waals surface area contributed by atoms with Gasteiger partial charge in [-0.15, -0.1) is 0 Å². The average Bonchev–Trinajstić information content (AvgIpc) is 4.07. The van der Waals surface area contributed by atoms with Gasteiger partial charge in [0.25, 0.3) is 0 Å². The van der Waals surface area contributed by atoms with Crippen LogP contribution in [0.2, 0.25) is 0 Å². The maximum absolute atomic E-state index is 6.54. The number of fused-ring (bicyclic) bond motifs is 10. The van der Waals surface area contributed by atoms with Gasteiger partial charge in [0.15, 0.2) is 5.82 Å². The minimum Gasteiger partial charge on any atom is -0.456 e. The van der Waals surface area contributed by atoms with Crippen molar-refractivity contribution in [1.82, 2.24) is 9.97 Å². The Morgan fingerprint density at radius 3 is 1.82 bits per heavy atom. The van der Waals surface area contributed by atoms with Crippen molar-refractivity contribution in [2.45, 2.75) is 12.0 Å².